The summed E-state index contributed by atoms with van der Waals surface area (Å²) in [6, 6.07) is 21.5. The molecule has 3 atom stereocenters. The fourth-order valence-electron chi connectivity index (χ4n) is 4.93. The molecular formula is C27H26N2O4S. The zero-order valence-electron chi connectivity index (χ0n) is 18.8. The molecule has 0 saturated carbocycles. The number of nitrogens with zero attached hydrogens (tertiary/aromatic N) is 1. The van der Waals surface area contributed by atoms with E-state index >= 15 is 0 Å². The van der Waals surface area contributed by atoms with Crippen LogP contribution in [0.2, 0.25) is 0 Å². The van der Waals surface area contributed by atoms with Gasteiger partial charge in [0.25, 0.3) is 0 Å². The molecule has 6 nitrogen and oxygen atoms in total. The second-order valence-electron chi connectivity index (χ2n) is 8.54. The largest absolute Gasteiger partial charge is 0.497 e. The first kappa shape index (κ1) is 22.5. The second kappa shape index (κ2) is 9.15. The number of hydrogen-bond donors (Lipinski definition) is 2. The van der Waals surface area contributed by atoms with Crippen LogP contribution >= 0.6 is 0 Å². The minimum atomic E-state index is -3.78. The van der Waals surface area contributed by atoms with Crippen LogP contribution in [0.4, 0.5) is 5.69 Å². The highest BCUT2D eigenvalue weighted by Gasteiger charge is 2.48. The molecular weight excluding hydrogens is 448 g/mol. The Morgan fingerprint density at radius 2 is 1.82 bits per heavy atom. The Morgan fingerprint density at radius 3 is 2.59 bits per heavy atom. The zero-order chi connectivity index (χ0) is 23.7. The van der Waals surface area contributed by atoms with Crippen molar-refractivity contribution in [3.8, 4) is 17.6 Å². The first-order valence-electron chi connectivity index (χ1n) is 11.3. The molecule has 0 aliphatic carbocycles. The summed E-state index contributed by atoms with van der Waals surface area (Å²) in [7, 11) is -2.26. The van der Waals surface area contributed by atoms with Crippen LogP contribution in [0.1, 0.15) is 29.2 Å². The van der Waals surface area contributed by atoms with Crippen molar-refractivity contribution >= 4 is 15.7 Å². The van der Waals surface area contributed by atoms with E-state index in [4.69, 9.17) is 4.74 Å². The Hall–Kier alpha value is -3.31. The lowest BCUT2D eigenvalue weighted by atomic mass is 9.83. The normalized spacial score (nSPS) is 21.5. The van der Waals surface area contributed by atoms with Gasteiger partial charge in [0.1, 0.15) is 5.75 Å². The number of sulfonamides is 1. The fourth-order valence-corrected chi connectivity index (χ4v) is 6.63. The van der Waals surface area contributed by atoms with Crippen LogP contribution in [0.15, 0.2) is 77.7 Å². The molecule has 174 valence electrons. The summed E-state index contributed by atoms with van der Waals surface area (Å²) >= 11 is 0. The van der Waals surface area contributed by atoms with Crippen LogP contribution in [0, 0.1) is 17.8 Å². The van der Waals surface area contributed by atoms with Crippen molar-refractivity contribution in [1.29, 1.82) is 0 Å². The first-order chi connectivity index (χ1) is 16.5. The van der Waals surface area contributed by atoms with Crippen molar-refractivity contribution in [3.63, 3.8) is 0 Å². The average molecular weight is 475 g/mol. The minimum Gasteiger partial charge on any atom is -0.497 e. The Kier molecular flexibility index (Phi) is 6.05. The zero-order valence-corrected chi connectivity index (χ0v) is 19.6. The maximum Gasteiger partial charge on any atom is 0.243 e. The van der Waals surface area contributed by atoms with E-state index in [1.807, 2.05) is 48.5 Å². The van der Waals surface area contributed by atoms with Gasteiger partial charge in [-0.2, -0.15) is 4.31 Å². The molecule has 0 bridgehead atoms. The molecule has 1 saturated heterocycles. The van der Waals surface area contributed by atoms with Crippen LogP contribution < -0.4 is 10.1 Å². The van der Waals surface area contributed by atoms with Crippen LogP contribution in [0.3, 0.4) is 0 Å². The maximum atomic E-state index is 13.7. The van der Waals surface area contributed by atoms with Crippen molar-refractivity contribution in [3.05, 3.63) is 89.5 Å². The van der Waals surface area contributed by atoms with E-state index < -0.39 is 10.0 Å². The number of fused-ring (bicyclic) bond motifs is 3. The standard InChI is InChI=1S/C27H26N2O4S/c1-33-21-8-5-9-22(17-21)34(31,32)29-15-14-23-26(18-30)28-25-13-12-20(16-24(25)27(23)29)11-10-19-6-3-2-4-7-19/h2-9,12-13,16-17,23,26-28,30H,14-15,18H2,1H3/t23-,26+,27-/m0/s1. The third-order valence-electron chi connectivity index (χ3n) is 6.60. The minimum absolute atomic E-state index is 0.0461. The summed E-state index contributed by atoms with van der Waals surface area (Å²) in [4.78, 5) is 0.202. The first-order valence-corrected chi connectivity index (χ1v) is 12.7. The molecule has 0 spiro atoms. The number of methoxy groups -OCH3 is 1. The van der Waals surface area contributed by atoms with Crippen molar-refractivity contribution in [2.75, 3.05) is 25.6 Å². The molecule has 1 fully saturated rings. The van der Waals surface area contributed by atoms with Gasteiger partial charge in [-0.15, -0.1) is 0 Å². The molecule has 2 N–H and O–H groups in total. The predicted molar refractivity (Wildman–Crippen MR) is 131 cm³/mol. The summed E-state index contributed by atoms with van der Waals surface area (Å²) in [5, 5.41) is 13.4. The second-order valence-corrected chi connectivity index (χ2v) is 10.4. The van der Waals surface area contributed by atoms with Crippen LogP contribution in [0.5, 0.6) is 5.75 Å². The molecule has 7 heteroatoms. The predicted octanol–water partition coefficient (Wildman–Crippen LogP) is 3.63. The summed E-state index contributed by atoms with van der Waals surface area (Å²) in [5.74, 6) is 6.82. The molecule has 0 aromatic heterocycles. The molecule has 2 heterocycles. The lowest BCUT2D eigenvalue weighted by molar-refractivity contribution is 0.210. The summed E-state index contributed by atoms with van der Waals surface area (Å²) in [6.07, 6.45) is 0.658. The van der Waals surface area contributed by atoms with Gasteiger partial charge in [-0.1, -0.05) is 36.1 Å². The van der Waals surface area contributed by atoms with E-state index in [9.17, 15) is 13.5 Å². The Morgan fingerprint density at radius 1 is 1.03 bits per heavy atom. The highest BCUT2D eigenvalue weighted by Crippen LogP contribution is 2.48. The third-order valence-corrected chi connectivity index (χ3v) is 8.47. The molecule has 2 aliphatic heterocycles. The molecule has 0 radical (unpaired) electrons. The van der Waals surface area contributed by atoms with Gasteiger partial charge in [-0.3, -0.25) is 0 Å². The molecule has 34 heavy (non-hydrogen) atoms. The SMILES string of the molecule is COc1cccc(S(=O)(=O)N2CC[C@@H]3[C@H]2c2cc(C#Cc4ccccc4)ccc2N[C@@H]3CO)c1. The molecule has 0 amide bonds. The number of anilines is 1. The molecule has 3 aromatic rings. The Bertz CT molecular complexity index is 1360. The van der Waals surface area contributed by atoms with Crippen molar-refractivity contribution in [2.24, 2.45) is 5.92 Å². The van der Waals surface area contributed by atoms with Gasteiger partial charge in [0.2, 0.25) is 10.0 Å². The summed E-state index contributed by atoms with van der Waals surface area (Å²) in [5.41, 5.74) is 3.45. The topological polar surface area (TPSA) is 78.9 Å². The van der Waals surface area contributed by atoms with Gasteiger partial charge in [-0.05, 0) is 54.4 Å². The monoisotopic (exact) mass is 474 g/mol. The number of hydrogen-bond acceptors (Lipinski definition) is 5. The van der Waals surface area contributed by atoms with E-state index in [-0.39, 0.29) is 29.5 Å². The van der Waals surface area contributed by atoms with Crippen molar-refractivity contribution < 1.29 is 18.3 Å². The fraction of sp³-hybridized carbons (Fsp3) is 0.259. The molecule has 2 aliphatic rings. The third kappa shape index (κ3) is 4.05. The lowest BCUT2D eigenvalue weighted by Gasteiger charge is -2.38. The van der Waals surface area contributed by atoms with E-state index in [0.29, 0.717) is 18.7 Å². The van der Waals surface area contributed by atoms with Gasteiger partial charge in [0.15, 0.2) is 0 Å². The van der Waals surface area contributed by atoms with E-state index in [0.717, 1.165) is 22.4 Å². The highest BCUT2D eigenvalue weighted by atomic mass is 32.2. The van der Waals surface area contributed by atoms with Gasteiger partial charge >= 0.3 is 0 Å². The smallest absolute Gasteiger partial charge is 0.243 e. The number of aliphatic hydroxyl groups is 1. The van der Waals surface area contributed by atoms with Gasteiger partial charge in [-0.25, -0.2) is 8.42 Å². The van der Waals surface area contributed by atoms with Crippen LogP contribution in [-0.4, -0.2) is 44.1 Å². The highest BCUT2D eigenvalue weighted by molar-refractivity contribution is 7.89. The molecule has 5 rings (SSSR count). The molecule has 0 unspecified atom stereocenters. The number of aliphatic hydroxyl groups excluding tert-OH is 1. The van der Waals surface area contributed by atoms with Crippen molar-refractivity contribution in [1.82, 2.24) is 4.31 Å². The van der Waals surface area contributed by atoms with Crippen molar-refractivity contribution in [2.45, 2.75) is 23.4 Å². The van der Waals surface area contributed by atoms with E-state index in [2.05, 4.69) is 17.2 Å². The Labute approximate surface area is 200 Å². The molecule has 3 aromatic carbocycles. The number of rotatable bonds is 4. The maximum absolute atomic E-state index is 13.7. The van der Waals surface area contributed by atoms with E-state index in [1.165, 1.54) is 7.11 Å². The Balaban J connectivity index is 1.56. The quantitative estimate of drug-likeness (QED) is 0.565. The lowest BCUT2D eigenvalue weighted by Crippen LogP contribution is -2.42. The van der Waals surface area contributed by atoms with E-state index in [1.54, 1.807) is 28.6 Å². The van der Waals surface area contributed by atoms with Gasteiger partial charge in [0, 0.05) is 35.3 Å². The number of benzene rings is 3. The summed E-state index contributed by atoms with van der Waals surface area (Å²) < 4.78 is 34.3. The average Bonchev–Trinajstić information content (AvgIpc) is 3.34. The van der Waals surface area contributed by atoms with Crippen LogP contribution in [0.25, 0.3) is 0 Å². The summed E-state index contributed by atoms with van der Waals surface area (Å²) in [6.45, 7) is 0.315. The van der Waals surface area contributed by atoms with Gasteiger partial charge in [0.05, 0.1) is 30.7 Å². The van der Waals surface area contributed by atoms with Crippen LogP contribution in [-0.2, 0) is 10.0 Å². The number of ether oxygens (including phenoxy) is 1. The number of nitrogens with one attached hydrogen (secondary N) is 1. The van der Waals surface area contributed by atoms with Gasteiger partial charge < -0.3 is 15.2 Å².